The number of thiazole rings is 1. The van der Waals surface area contributed by atoms with Crippen molar-refractivity contribution in [2.24, 2.45) is 0 Å². The number of piperazine rings is 1. The van der Waals surface area contributed by atoms with Crippen molar-refractivity contribution in [3.8, 4) is 0 Å². The van der Waals surface area contributed by atoms with Gasteiger partial charge in [-0.1, -0.05) is 31.6 Å². The second-order valence-corrected chi connectivity index (χ2v) is 6.46. The van der Waals surface area contributed by atoms with Gasteiger partial charge in [0.15, 0.2) is 11.4 Å². The van der Waals surface area contributed by atoms with Crippen LogP contribution in [0.2, 0.25) is 0 Å². The molecular weight excluding hydrogens is 270 g/mol. The van der Waals surface area contributed by atoms with Gasteiger partial charge in [-0.25, -0.2) is 4.98 Å². The second kappa shape index (κ2) is 7.18. The van der Waals surface area contributed by atoms with E-state index in [0.29, 0.717) is 6.04 Å². The molecule has 0 N–H and O–H groups in total. The summed E-state index contributed by atoms with van der Waals surface area (Å²) >= 11 is 1.55. The molecule has 2 heterocycles. The average molecular weight is 295 g/mol. The first kappa shape index (κ1) is 15.4. The Morgan fingerprint density at radius 2 is 2.00 bits per heavy atom. The van der Waals surface area contributed by atoms with Gasteiger partial charge in [0.1, 0.15) is 0 Å². The van der Waals surface area contributed by atoms with E-state index in [-0.39, 0.29) is 0 Å². The summed E-state index contributed by atoms with van der Waals surface area (Å²) < 4.78 is 0. The average Bonchev–Trinajstić information content (AvgIpc) is 2.90. The molecule has 20 heavy (non-hydrogen) atoms. The van der Waals surface area contributed by atoms with Crippen LogP contribution in [-0.2, 0) is 6.42 Å². The third-order valence-electron chi connectivity index (χ3n) is 4.11. The van der Waals surface area contributed by atoms with Crippen LogP contribution < -0.4 is 4.90 Å². The highest BCUT2D eigenvalue weighted by atomic mass is 32.1. The van der Waals surface area contributed by atoms with Crippen LogP contribution in [0.1, 0.15) is 49.0 Å². The quantitative estimate of drug-likeness (QED) is 0.756. The van der Waals surface area contributed by atoms with Gasteiger partial charge in [-0.05, 0) is 19.8 Å². The number of aldehydes is 1. The fourth-order valence-corrected chi connectivity index (χ4v) is 3.58. The molecule has 4 nitrogen and oxygen atoms in total. The third-order valence-corrected chi connectivity index (χ3v) is 5.19. The number of carbonyl (C=O) groups is 1. The summed E-state index contributed by atoms with van der Waals surface area (Å²) in [5.41, 5.74) is 0.979. The number of carbonyl (C=O) groups excluding carboxylic acids is 1. The van der Waals surface area contributed by atoms with E-state index in [0.717, 1.165) is 61.0 Å². The molecule has 0 aromatic carbocycles. The zero-order valence-electron chi connectivity index (χ0n) is 12.8. The van der Waals surface area contributed by atoms with E-state index in [1.54, 1.807) is 11.3 Å². The lowest BCUT2D eigenvalue weighted by atomic mass is 10.2. The van der Waals surface area contributed by atoms with Gasteiger partial charge in [0.05, 0.1) is 10.6 Å². The number of aryl methyl sites for hydroxylation is 1. The standard InChI is InChI=1S/C15H25N3OS/c1-4-6-13-14(11-19)20-15(16-13)18-9-7-17(8-10-18)12(3)5-2/h11-12H,4-10H2,1-3H3. The number of hydrogen-bond donors (Lipinski definition) is 0. The van der Waals surface area contributed by atoms with Crippen molar-refractivity contribution < 1.29 is 4.79 Å². The molecule has 1 aliphatic heterocycles. The van der Waals surface area contributed by atoms with Crippen molar-refractivity contribution >= 4 is 22.8 Å². The lowest BCUT2D eigenvalue weighted by molar-refractivity contribution is 0.112. The zero-order valence-corrected chi connectivity index (χ0v) is 13.6. The Balaban J connectivity index is 2.01. The van der Waals surface area contributed by atoms with E-state index in [2.05, 4.69) is 35.6 Å². The summed E-state index contributed by atoms with van der Waals surface area (Å²) in [5.74, 6) is 0. The Labute approximate surface area is 125 Å². The minimum atomic E-state index is 0.662. The second-order valence-electron chi connectivity index (χ2n) is 5.46. The SMILES string of the molecule is CCCc1nc(N2CCN(C(C)CC)CC2)sc1C=O. The number of aromatic nitrogens is 1. The first-order valence-corrected chi connectivity index (χ1v) is 8.45. The van der Waals surface area contributed by atoms with Crippen molar-refractivity contribution in [2.75, 3.05) is 31.1 Å². The largest absolute Gasteiger partial charge is 0.346 e. The van der Waals surface area contributed by atoms with Gasteiger partial charge in [0.2, 0.25) is 0 Å². The molecule has 1 aromatic heterocycles. The fourth-order valence-electron chi connectivity index (χ4n) is 2.61. The van der Waals surface area contributed by atoms with E-state index >= 15 is 0 Å². The predicted molar refractivity (Wildman–Crippen MR) is 85.0 cm³/mol. The summed E-state index contributed by atoms with van der Waals surface area (Å²) in [6.07, 6.45) is 4.10. The molecule has 1 saturated heterocycles. The molecule has 5 heteroatoms. The normalized spacial score (nSPS) is 18.2. The minimum Gasteiger partial charge on any atom is -0.346 e. The molecule has 0 amide bonds. The van der Waals surface area contributed by atoms with Gasteiger partial charge >= 0.3 is 0 Å². The maximum Gasteiger partial charge on any atom is 0.186 e. The van der Waals surface area contributed by atoms with E-state index < -0.39 is 0 Å². The summed E-state index contributed by atoms with van der Waals surface area (Å²) in [5, 5.41) is 1.03. The van der Waals surface area contributed by atoms with Gasteiger partial charge in [-0.2, -0.15) is 0 Å². The highest BCUT2D eigenvalue weighted by Gasteiger charge is 2.23. The van der Waals surface area contributed by atoms with Crippen LogP contribution in [0.3, 0.4) is 0 Å². The van der Waals surface area contributed by atoms with E-state index in [1.165, 1.54) is 6.42 Å². The summed E-state index contributed by atoms with van der Waals surface area (Å²) in [6.45, 7) is 10.9. The first-order chi connectivity index (χ1) is 9.69. The van der Waals surface area contributed by atoms with Crippen LogP contribution in [0.25, 0.3) is 0 Å². The van der Waals surface area contributed by atoms with E-state index in [9.17, 15) is 4.79 Å². The van der Waals surface area contributed by atoms with Crippen LogP contribution >= 0.6 is 11.3 Å². The Morgan fingerprint density at radius 1 is 1.30 bits per heavy atom. The van der Waals surface area contributed by atoms with E-state index in [4.69, 9.17) is 0 Å². The molecular formula is C15H25N3OS. The van der Waals surface area contributed by atoms with Gasteiger partial charge < -0.3 is 4.90 Å². The molecule has 1 unspecified atom stereocenters. The minimum absolute atomic E-state index is 0.662. The Morgan fingerprint density at radius 3 is 2.55 bits per heavy atom. The number of anilines is 1. The number of hydrogen-bond acceptors (Lipinski definition) is 5. The molecule has 0 radical (unpaired) electrons. The zero-order chi connectivity index (χ0) is 14.5. The molecule has 0 saturated carbocycles. The van der Waals surface area contributed by atoms with Gasteiger partial charge in [-0.3, -0.25) is 9.69 Å². The van der Waals surface area contributed by atoms with Crippen LogP contribution in [0.4, 0.5) is 5.13 Å². The highest BCUT2D eigenvalue weighted by molar-refractivity contribution is 7.17. The van der Waals surface area contributed by atoms with Crippen molar-refractivity contribution in [1.82, 2.24) is 9.88 Å². The summed E-state index contributed by atoms with van der Waals surface area (Å²) in [7, 11) is 0. The van der Waals surface area contributed by atoms with Crippen LogP contribution in [0.15, 0.2) is 0 Å². The smallest absolute Gasteiger partial charge is 0.186 e. The number of rotatable bonds is 6. The Kier molecular flexibility index (Phi) is 5.54. The first-order valence-electron chi connectivity index (χ1n) is 7.63. The molecule has 112 valence electrons. The highest BCUT2D eigenvalue weighted by Crippen LogP contribution is 2.27. The lowest BCUT2D eigenvalue weighted by Crippen LogP contribution is -2.49. The van der Waals surface area contributed by atoms with Crippen LogP contribution in [-0.4, -0.2) is 48.4 Å². The summed E-state index contributed by atoms with van der Waals surface area (Å²) in [4.78, 5) is 21.5. The predicted octanol–water partition coefficient (Wildman–Crippen LogP) is 2.83. The molecule has 1 aromatic rings. The molecule has 0 spiro atoms. The van der Waals surface area contributed by atoms with Gasteiger partial charge in [0.25, 0.3) is 0 Å². The maximum atomic E-state index is 11.1. The van der Waals surface area contributed by atoms with Crippen molar-refractivity contribution in [3.63, 3.8) is 0 Å². The Bertz CT molecular complexity index is 438. The van der Waals surface area contributed by atoms with Crippen molar-refractivity contribution in [2.45, 2.75) is 46.1 Å². The van der Waals surface area contributed by atoms with Crippen molar-refractivity contribution in [1.29, 1.82) is 0 Å². The fraction of sp³-hybridized carbons (Fsp3) is 0.733. The van der Waals surface area contributed by atoms with E-state index in [1.807, 2.05) is 0 Å². The van der Waals surface area contributed by atoms with Crippen molar-refractivity contribution in [3.05, 3.63) is 10.6 Å². The Hall–Kier alpha value is -0.940. The van der Waals surface area contributed by atoms with Gasteiger partial charge in [0, 0.05) is 32.2 Å². The monoisotopic (exact) mass is 295 g/mol. The number of nitrogens with zero attached hydrogens (tertiary/aromatic N) is 3. The van der Waals surface area contributed by atoms with Crippen LogP contribution in [0, 0.1) is 0 Å². The molecule has 1 aliphatic rings. The summed E-state index contributed by atoms with van der Waals surface area (Å²) in [6, 6.07) is 0.662. The molecule has 1 fully saturated rings. The third kappa shape index (κ3) is 3.38. The van der Waals surface area contributed by atoms with Crippen LogP contribution in [0.5, 0.6) is 0 Å². The molecule has 1 atom stereocenters. The lowest BCUT2D eigenvalue weighted by Gasteiger charge is -2.37. The maximum absolute atomic E-state index is 11.1. The molecule has 2 rings (SSSR count). The molecule has 0 bridgehead atoms. The van der Waals surface area contributed by atoms with Gasteiger partial charge in [-0.15, -0.1) is 0 Å². The molecule has 0 aliphatic carbocycles. The topological polar surface area (TPSA) is 36.4 Å².